The normalized spacial score (nSPS) is 27.1. The molecule has 0 saturated carbocycles. The Morgan fingerprint density at radius 3 is 2.21 bits per heavy atom. The highest BCUT2D eigenvalue weighted by molar-refractivity contribution is 5.92. The van der Waals surface area contributed by atoms with Crippen LogP contribution in [0.5, 0.6) is 0 Å². The third kappa shape index (κ3) is 8.49. The molecule has 0 bridgehead atoms. The van der Waals surface area contributed by atoms with Crippen LogP contribution in [0.25, 0.3) is 0 Å². The van der Waals surface area contributed by atoms with Crippen molar-refractivity contribution in [2.45, 2.75) is 82.4 Å². The van der Waals surface area contributed by atoms with Gasteiger partial charge in [-0.1, -0.05) is 0 Å². The van der Waals surface area contributed by atoms with E-state index >= 15 is 0 Å². The van der Waals surface area contributed by atoms with Crippen molar-refractivity contribution in [3.05, 3.63) is 0 Å². The summed E-state index contributed by atoms with van der Waals surface area (Å²) in [5.41, 5.74) is 5.16. The molecule has 1 aliphatic heterocycles. The minimum Gasteiger partial charge on any atom is -0.481 e. The summed E-state index contributed by atoms with van der Waals surface area (Å²) in [6, 6.07) is -3.71. The number of nitrogens with two attached hydrogens (primary N) is 1. The van der Waals surface area contributed by atoms with E-state index in [1.54, 1.807) is 0 Å². The van der Waals surface area contributed by atoms with Gasteiger partial charge in [0.05, 0.1) is 6.61 Å². The summed E-state index contributed by atoms with van der Waals surface area (Å²) < 4.78 is 10.6. The Labute approximate surface area is 195 Å². The van der Waals surface area contributed by atoms with Crippen LogP contribution in [0.3, 0.4) is 0 Å². The van der Waals surface area contributed by atoms with Crippen LogP contribution in [0, 0.1) is 0 Å². The van der Waals surface area contributed by atoms with Crippen LogP contribution in [-0.4, -0.2) is 105 Å². The molecule has 1 rings (SSSR count). The zero-order valence-corrected chi connectivity index (χ0v) is 19.0. The summed E-state index contributed by atoms with van der Waals surface area (Å²) in [4.78, 5) is 58.4. The number of carboxylic acid groups (broad SMARTS) is 1. The molecule has 1 saturated heterocycles. The number of aliphatic hydroxyl groups is 3. The summed E-state index contributed by atoms with van der Waals surface area (Å²) >= 11 is 0. The van der Waals surface area contributed by atoms with Gasteiger partial charge in [0, 0.05) is 13.3 Å². The van der Waals surface area contributed by atoms with Crippen LogP contribution >= 0.6 is 0 Å². The first-order chi connectivity index (χ1) is 15.8. The number of amides is 4. The standard InChI is InChI=1S/C19H32N4O11/c1-7(17(30)23-10(16(20)29)4-5-12(26)27)21-18(31)8(2)33-15-13(22-9(3)25)19(32)34-11(6-24)14(15)28/h7-8,10-11,13-15,19,24,28,32H,4-6H2,1-3H3,(H2,20,29)(H,21,31)(H,22,25)(H,23,30)(H,26,27)/t7-,8-,10-,11-,13-,14+,15+,19?/m0/s1. The highest BCUT2D eigenvalue weighted by Gasteiger charge is 2.47. The van der Waals surface area contributed by atoms with Crippen molar-refractivity contribution in [3.63, 3.8) is 0 Å². The lowest BCUT2D eigenvalue weighted by atomic mass is 9.96. The van der Waals surface area contributed by atoms with Gasteiger partial charge in [-0.3, -0.25) is 24.0 Å². The third-order valence-electron chi connectivity index (χ3n) is 5.03. The largest absolute Gasteiger partial charge is 0.481 e. The molecule has 15 heteroatoms. The minimum absolute atomic E-state index is 0.239. The Kier molecular flexibility index (Phi) is 11.3. The molecular formula is C19H32N4O11. The SMILES string of the molecule is CC(=O)N[C@@H]1C(O)O[C@@H](CO)[C@@H](O)[C@@H]1O[C@@H](C)C(=O)N[C@@H](C)C(=O)N[C@@H](CCC(=O)O)C(N)=O. The lowest BCUT2D eigenvalue weighted by Gasteiger charge is -2.43. The molecule has 0 aromatic rings. The Balaban J connectivity index is 2.80. The Bertz CT molecular complexity index is 765. The van der Waals surface area contributed by atoms with Crippen molar-refractivity contribution in [1.82, 2.24) is 16.0 Å². The van der Waals surface area contributed by atoms with E-state index in [2.05, 4.69) is 16.0 Å². The van der Waals surface area contributed by atoms with Crippen LogP contribution < -0.4 is 21.7 Å². The molecule has 8 atom stereocenters. The number of primary amides is 1. The number of rotatable bonds is 12. The zero-order chi connectivity index (χ0) is 26.2. The van der Waals surface area contributed by atoms with Crippen LogP contribution in [0.1, 0.15) is 33.6 Å². The van der Waals surface area contributed by atoms with E-state index in [0.29, 0.717) is 0 Å². The zero-order valence-electron chi connectivity index (χ0n) is 19.0. The molecule has 0 aliphatic carbocycles. The predicted octanol–water partition coefficient (Wildman–Crippen LogP) is -4.33. The van der Waals surface area contributed by atoms with Gasteiger partial charge >= 0.3 is 5.97 Å². The summed E-state index contributed by atoms with van der Waals surface area (Å²) in [7, 11) is 0. The molecule has 4 amide bonds. The van der Waals surface area contributed by atoms with Gasteiger partial charge in [-0.05, 0) is 20.3 Å². The molecule has 0 spiro atoms. The minimum atomic E-state index is -1.65. The van der Waals surface area contributed by atoms with Crippen molar-refractivity contribution in [1.29, 1.82) is 0 Å². The number of nitrogens with one attached hydrogen (secondary N) is 3. The highest BCUT2D eigenvalue weighted by atomic mass is 16.6. The first-order valence-corrected chi connectivity index (χ1v) is 10.4. The summed E-state index contributed by atoms with van der Waals surface area (Å²) in [5.74, 6) is -4.34. The molecule has 194 valence electrons. The number of ether oxygens (including phenoxy) is 2. The number of carbonyl (C=O) groups excluding carboxylic acids is 4. The quantitative estimate of drug-likeness (QED) is 0.129. The molecule has 0 aromatic heterocycles. The average molecular weight is 492 g/mol. The molecule has 15 nitrogen and oxygen atoms in total. The van der Waals surface area contributed by atoms with E-state index in [4.69, 9.17) is 20.3 Å². The maximum absolute atomic E-state index is 12.5. The van der Waals surface area contributed by atoms with E-state index in [9.17, 15) is 39.3 Å². The van der Waals surface area contributed by atoms with E-state index in [1.165, 1.54) is 13.8 Å². The number of hydrogen-bond acceptors (Lipinski definition) is 10. The molecule has 1 heterocycles. The Morgan fingerprint density at radius 1 is 1.09 bits per heavy atom. The van der Waals surface area contributed by atoms with Crippen LogP contribution in [0.15, 0.2) is 0 Å². The second kappa shape index (κ2) is 13.1. The third-order valence-corrected chi connectivity index (χ3v) is 5.03. The van der Waals surface area contributed by atoms with Gasteiger partial charge in [-0.25, -0.2) is 0 Å². The first-order valence-electron chi connectivity index (χ1n) is 10.4. The second-order valence-corrected chi connectivity index (χ2v) is 7.83. The maximum Gasteiger partial charge on any atom is 0.303 e. The summed E-state index contributed by atoms with van der Waals surface area (Å²) in [6.45, 7) is 3.06. The summed E-state index contributed by atoms with van der Waals surface area (Å²) in [6.07, 6.45) is -7.74. The van der Waals surface area contributed by atoms with Gasteiger partial charge in [-0.2, -0.15) is 0 Å². The monoisotopic (exact) mass is 492 g/mol. The molecule has 0 aromatic carbocycles. The van der Waals surface area contributed by atoms with Gasteiger partial charge in [0.2, 0.25) is 23.6 Å². The van der Waals surface area contributed by atoms with Crippen molar-refractivity contribution < 1.29 is 53.9 Å². The van der Waals surface area contributed by atoms with Crippen LogP contribution in [0.4, 0.5) is 0 Å². The van der Waals surface area contributed by atoms with Gasteiger partial charge < -0.3 is 51.6 Å². The van der Waals surface area contributed by atoms with Crippen LogP contribution in [0.2, 0.25) is 0 Å². The molecule has 9 N–H and O–H groups in total. The molecule has 0 radical (unpaired) electrons. The first kappa shape index (κ1) is 29.2. The number of aliphatic hydroxyl groups excluding tert-OH is 3. The van der Waals surface area contributed by atoms with Gasteiger partial charge in [-0.15, -0.1) is 0 Å². The Morgan fingerprint density at radius 2 is 1.71 bits per heavy atom. The lowest BCUT2D eigenvalue weighted by molar-refractivity contribution is -0.266. The van der Waals surface area contributed by atoms with Crippen LogP contribution in [-0.2, 0) is 33.4 Å². The van der Waals surface area contributed by atoms with Crippen molar-refractivity contribution in [2.24, 2.45) is 5.73 Å². The van der Waals surface area contributed by atoms with Crippen molar-refractivity contribution in [3.8, 4) is 0 Å². The van der Waals surface area contributed by atoms with E-state index in [1.807, 2.05) is 0 Å². The number of hydrogen-bond donors (Lipinski definition) is 8. The number of carboxylic acids is 1. The van der Waals surface area contributed by atoms with Crippen molar-refractivity contribution in [2.75, 3.05) is 6.61 Å². The average Bonchev–Trinajstić information content (AvgIpc) is 2.74. The Hall–Kier alpha value is -2.85. The van der Waals surface area contributed by atoms with E-state index in [0.717, 1.165) is 6.92 Å². The second-order valence-electron chi connectivity index (χ2n) is 7.83. The fourth-order valence-electron chi connectivity index (χ4n) is 3.18. The topological polar surface area (TPSA) is 247 Å². The number of aliphatic carboxylic acids is 1. The predicted molar refractivity (Wildman–Crippen MR) is 112 cm³/mol. The molecule has 34 heavy (non-hydrogen) atoms. The van der Waals surface area contributed by atoms with Gasteiger partial charge in [0.25, 0.3) is 0 Å². The fourth-order valence-corrected chi connectivity index (χ4v) is 3.18. The fraction of sp³-hybridized carbons (Fsp3) is 0.737. The molecular weight excluding hydrogens is 460 g/mol. The lowest BCUT2D eigenvalue weighted by Crippen LogP contribution is -2.65. The molecule has 1 aliphatic rings. The van der Waals surface area contributed by atoms with Crippen molar-refractivity contribution >= 4 is 29.6 Å². The maximum atomic E-state index is 12.5. The van der Waals surface area contributed by atoms with E-state index < -0.39 is 91.5 Å². The molecule has 1 unspecified atom stereocenters. The molecule has 1 fully saturated rings. The van der Waals surface area contributed by atoms with Gasteiger partial charge in [0.15, 0.2) is 6.29 Å². The van der Waals surface area contributed by atoms with Gasteiger partial charge in [0.1, 0.15) is 42.5 Å². The number of carbonyl (C=O) groups is 5. The summed E-state index contributed by atoms with van der Waals surface area (Å²) in [5, 5.41) is 45.5. The highest BCUT2D eigenvalue weighted by Crippen LogP contribution is 2.23. The smallest absolute Gasteiger partial charge is 0.303 e. The van der Waals surface area contributed by atoms with E-state index in [-0.39, 0.29) is 6.42 Å².